The fourth-order valence-electron chi connectivity index (χ4n) is 1.53. The topological polar surface area (TPSA) is 47.6 Å². The molecule has 88 valence electrons. The third-order valence-corrected chi connectivity index (χ3v) is 2.22. The molecule has 0 spiro atoms. The number of amides is 1. The second-order valence-corrected chi connectivity index (χ2v) is 4.89. The van der Waals surface area contributed by atoms with Gasteiger partial charge < -0.3 is 14.8 Å². The molecule has 0 aromatic rings. The van der Waals surface area contributed by atoms with E-state index in [1.54, 1.807) is 0 Å². The Labute approximate surface area is 91.3 Å². The normalized spacial score (nSPS) is 25.6. The van der Waals surface area contributed by atoms with Gasteiger partial charge in [0, 0.05) is 12.6 Å². The van der Waals surface area contributed by atoms with Gasteiger partial charge in [0.25, 0.3) is 0 Å². The van der Waals surface area contributed by atoms with E-state index < -0.39 is 5.60 Å². The van der Waals surface area contributed by atoms with Crippen LogP contribution in [-0.2, 0) is 9.47 Å². The van der Waals surface area contributed by atoms with Gasteiger partial charge in [-0.15, -0.1) is 0 Å². The summed E-state index contributed by atoms with van der Waals surface area (Å²) in [5.74, 6) is 0. The molecule has 4 nitrogen and oxygen atoms in total. The van der Waals surface area contributed by atoms with Crippen LogP contribution < -0.4 is 5.32 Å². The average Bonchev–Trinajstić information content (AvgIpc) is 1.97. The van der Waals surface area contributed by atoms with Crippen LogP contribution in [0.1, 0.15) is 40.5 Å². The quantitative estimate of drug-likeness (QED) is 0.784. The molecule has 1 fully saturated rings. The highest BCUT2D eigenvalue weighted by Crippen LogP contribution is 2.23. The second-order valence-electron chi connectivity index (χ2n) is 4.89. The van der Waals surface area contributed by atoms with E-state index in [0.29, 0.717) is 6.10 Å². The lowest BCUT2D eigenvalue weighted by Gasteiger charge is -2.35. The third kappa shape index (κ3) is 4.51. The minimum Gasteiger partial charge on any atom is -0.444 e. The molecular formula is C11H21NO3. The van der Waals surface area contributed by atoms with E-state index >= 15 is 0 Å². The first kappa shape index (κ1) is 12.3. The molecular weight excluding hydrogens is 194 g/mol. The molecule has 0 aromatic heterocycles. The average molecular weight is 215 g/mol. The monoisotopic (exact) mass is 215 g/mol. The van der Waals surface area contributed by atoms with Gasteiger partial charge in [0.05, 0.1) is 6.10 Å². The van der Waals surface area contributed by atoms with Gasteiger partial charge in [0.2, 0.25) is 0 Å². The van der Waals surface area contributed by atoms with E-state index in [9.17, 15) is 4.79 Å². The minimum absolute atomic E-state index is 0.219. The van der Waals surface area contributed by atoms with Gasteiger partial charge in [-0.25, -0.2) is 4.79 Å². The van der Waals surface area contributed by atoms with Gasteiger partial charge in [-0.05, 0) is 40.5 Å². The summed E-state index contributed by atoms with van der Waals surface area (Å²) in [6.45, 7) is 8.29. The lowest BCUT2D eigenvalue weighted by Crippen LogP contribution is -2.49. The van der Waals surface area contributed by atoms with Gasteiger partial charge in [0.1, 0.15) is 5.60 Å². The standard InChI is InChI=1S/C11H21NO3/c1-5-14-9-6-8(7-9)12-10(13)15-11(2,3)4/h8-9H,5-7H2,1-4H3,(H,12,13)/t8-,9+. The fourth-order valence-corrected chi connectivity index (χ4v) is 1.53. The first-order valence-corrected chi connectivity index (χ1v) is 5.52. The van der Waals surface area contributed by atoms with Crippen LogP contribution in [0.5, 0.6) is 0 Å². The Morgan fingerprint density at radius 3 is 2.47 bits per heavy atom. The van der Waals surface area contributed by atoms with Crippen molar-refractivity contribution in [2.45, 2.75) is 58.3 Å². The molecule has 1 amide bonds. The van der Waals surface area contributed by atoms with Crippen molar-refractivity contribution in [3.63, 3.8) is 0 Å². The zero-order chi connectivity index (χ0) is 11.5. The lowest BCUT2D eigenvalue weighted by atomic mass is 9.89. The van der Waals surface area contributed by atoms with Crippen LogP contribution in [0.25, 0.3) is 0 Å². The lowest BCUT2D eigenvalue weighted by molar-refractivity contribution is -0.0141. The third-order valence-electron chi connectivity index (χ3n) is 2.22. The van der Waals surface area contributed by atoms with Gasteiger partial charge in [-0.2, -0.15) is 0 Å². The van der Waals surface area contributed by atoms with Crippen LogP contribution in [0.2, 0.25) is 0 Å². The van der Waals surface area contributed by atoms with Gasteiger partial charge >= 0.3 is 6.09 Å². The van der Waals surface area contributed by atoms with Gasteiger partial charge in [-0.3, -0.25) is 0 Å². The zero-order valence-electron chi connectivity index (χ0n) is 10.0. The number of hydrogen-bond acceptors (Lipinski definition) is 3. The highest BCUT2D eigenvalue weighted by atomic mass is 16.6. The molecule has 1 rings (SSSR count). The van der Waals surface area contributed by atoms with Gasteiger partial charge in [0.15, 0.2) is 0 Å². The highest BCUT2D eigenvalue weighted by molar-refractivity contribution is 5.68. The number of alkyl carbamates (subject to hydrolysis) is 1. The molecule has 0 aliphatic heterocycles. The van der Waals surface area contributed by atoms with E-state index in [1.807, 2.05) is 27.7 Å². The number of hydrogen-bond donors (Lipinski definition) is 1. The molecule has 1 saturated carbocycles. The van der Waals surface area contributed by atoms with E-state index in [-0.39, 0.29) is 12.1 Å². The van der Waals surface area contributed by atoms with Crippen molar-refractivity contribution in [1.82, 2.24) is 5.32 Å². The molecule has 0 aromatic carbocycles. The Balaban J connectivity index is 2.14. The van der Waals surface area contributed by atoms with Crippen molar-refractivity contribution in [2.24, 2.45) is 0 Å². The minimum atomic E-state index is -0.423. The van der Waals surface area contributed by atoms with Crippen molar-refractivity contribution in [1.29, 1.82) is 0 Å². The molecule has 0 heterocycles. The van der Waals surface area contributed by atoms with Crippen molar-refractivity contribution in [3.05, 3.63) is 0 Å². The van der Waals surface area contributed by atoms with E-state index in [4.69, 9.17) is 9.47 Å². The summed E-state index contributed by atoms with van der Waals surface area (Å²) in [4.78, 5) is 11.4. The van der Waals surface area contributed by atoms with Crippen molar-refractivity contribution in [3.8, 4) is 0 Å². The summed E-state index contributed by atoms with van der Waals surface area (Å²) in [6, 6.07) is 0.219. The summed E-state index contributed by atoms with van der Waals surface area (Å²) < 4.78 is 10.5. The van der Waals surface area contributed by atoms with E-state index in [1.165, 1.54) is 0 Å². The molecule has 1 aliphatic carbocycles. The zero-order valence-corrected chi connectivity index (χ0v) is 10.0. The first-order chi connectivity index (χ1) is 6.90. The Bertz CT molecular complexity index is 216. The highest BCUT2D eigenvalue weighted by Gasteiger charge is 2.31. The maximum Gasteiger partial charge on any atom is 0.407 e. The van der Waals surface area contributed by atoms with Crippen LogP contribution in [0.15, 0.2) is 0 Å². The van der Waals surface area contributed by atoms with Crippen LogP contribution in [0.3, 0.4) is 0 Å². The SMILES string of the molecule is CCO[C@H]1C[C@@H](NC(=O)OC(C)(C)C)C1. The Morgan fingerprint density at radius 2 is 2.00 bits per heavy atom. The molecule has 0 unspecified atom stereocenters. The second kappa shape index (κ2) is 4.84. The van der Waals surface area contributed by atoms with E-state index in [0.717, 1.165) is 19.4 Å². The molecule has 15 heavy (non-hydrogen) atoms. The Kier molecular flexibility index (Phi) is 3.97. The molecule has 0 saturated heterocycles. The smallest absolute Gasteiger partial charge is 0.407 e. The van der Waals surface area contributed by atoms with Gasteiger partial charge in [-0.1, -0.05) is 0 Å². The predicted octanol–water partition coefficient (Wildman–Crippen LogP) is 2.08. The molecule has 1 N–H and O–H groups in total. The maximum absolute atomic E-state index is 11.4. The van der Waals surface area contributed by atoms with Crippen LogP contribution >= 0.6 is 0 Å². The largest absolute Gasteiger partial charge is 0.444 e. The molecule has 0 radical (unpaired) electrons. The molecule has 0 atom stereocenters. The van der Waals surface area contributed by atoms with Crippen molar-refractivity contribution < 1.29 is 14.3 Å². The molecule has 0 bridgehead atoms. The Hall–Kier alpha value is -0.770. The van der Waals surface area contributed by atoms with Crippen LogP contribution in [0.4, 0.5) is 4.79 Å². The van der Waals surface area contributed by atoms with Crippen molar-refractivity contribution in [2.75, 3.05) is 6.61 Å². The van der Waals surface area contributed by atoms with E-state index in [2.05, 4.69) is 5.32 Å². The number of nitrogens with one attached hydrogen (secondary N) is 1. The summed E-state index contributed by atoms with van der Waals surface area (Å²) >= 11 is 0. The predicted molar refractivity (Wildman–Crippen MR) is 57.8 cm³/mol. The fraction of sp³-hybridized carbons (Fsp3) is 0.909. The van der Waals surface area contributed by atoms with Crippen LogP contribution in [0, 0.1) is 0 Å². The summed E-state index contributed by atoms with van der Waals surface area (Å²) in [7, 11) is 0. The van der Waals surface area contributed by atoms with Crippen molar-refractivity contribution >= 4 is 6.09 Å². The number of carbonyl (C=O) groups is 1. The first-order valence-electron chi connectivity index (χ1n) is 5.52. The number of rotatable bonds is 3. The number of ether oxygens (including phenoxy) is 2. The summed E-state index contributed by atoms with van der Waals surface area (Å²) in [6.07, 6.45) is 1.78. The number of carbonyl (C=O) groups excluding carboxylic acids is 1. The molecule has 4 heteroatoms. The maximum atomic E-state index is 11.4. The molecule has 1 aliphatic rings. The summed E-state index contributed by atoms with van der Waals surface area (Å²) in [5, 5.41) is 2.82. The summed E-state index contributed by atoms with van der Waals surface area (Å²) in [5.41, 5.74) is -0.423. The Morgan fingerprint density at radius 1 is 1.40 bits per heavy atom. The van der Waals surface area contributed by atoms with Crippen LogP contribution in [-0.4, -0.2) is 30.4 Å².